The zero-order chi connectivity index (χ0) is 37.4. The van der Waals surface area contributed by atoms with E-state index in [9.17, 15) is 8.22 Å². The van der Waals surface area contributed by atoms with E-state index in [-0.39, 0.29) is 46.7 Å². The highest BCUT2D eigenvalue weighted by molar-refractivity contribution is 6.19. The number of hydrogen-bond donors (Lipinski definition) is 0. The van der Waals surface area contributed by atoms with E-state index in [4.69, 9.17) is 7.16 Å². The van der Waals surface area contributed by atoms with Crippen molar-refractivity contribution in [1.82, 2.24) is 0 Å². The molecule has 216 valence electrons. The first-order valence-corrected chi connectivity index (χ1v) is 15.0. The van der Waals surface area contributed by atoms with E-state index in [1.165, 1.54) is 4.90 Å². The Morgan fingerprint density at radius 1 is 0.478 bits per heavy atom. The average molecular weight is 596 g/mol. The third kappa shape index (κ3) is 4.43. The van der Waals surface area contributed by atoms with E-state index in [0.717, 1.165) is 21.5 Å². The monoisotopic (exact) mass is 595 g/mol. The van der Waals surface area contributed by atoms with Gasteiger partial charge in [0, 0.05) is 22.1 Å². The summed E-state index contributed by atoms with van der Waals surface area (Å²) in [6, 6.07) is 36.1. The second-order valence-corrected chi connectivity index (χ2v) is 11.1. The fourth-order valence-electron chi connectivity index (χ4n) is 6.18. The lowest BCUT2D eigenvalue weighted by Gasteiger charge is -2.27. The topological polar surface area (TPSA) is 16.4 Å². The van der Waals surface area contributed by atoms with Crippen LogP contribution in [0.2, 0.25) is 0 Å². The molecule has 0 bridgehead atoms. The summed E-state index contributed by atoms with van der Waals surface area (Å²) < 4.78 is 81.1. The third-order valence-electron chi connectivity index (χ3n) is 8.38. The Labute approximate surface area is 278 Å². The molecule has 0 spiro atoms. The van der Waals surface area contributed by atoms with Gasteiger partial charge in [-0.25, -0.2) is 0 Å². The second kappa shape index (κ2) is 10.8. The van der Waals surface area contributed by atoms with Crippen LogP contribution in [0.15, 0.2) is 180 Å². The second-order valence-electron chi connectivity index (χ2n) is 11.1. The predicted octanol–water partition coefficient (Wildman–Crippen LogP) is 12.7. The van der Waals surface area contributed by atoms with Crippen LogP contribution in [0.4, 0.5) is 17.1 Å². The highest BCUT2D eigenvalue weighted by Gasteiger charge is 2.20. The van der Waals surface area contributed by atoms with Crippen LogP contribution in [-0.4, -0.2) is 0 Å². The van der Waals surface area contributed by atoms with E-state index in [2.05, 4.69) is 0 Å². The van der Waals surface area contributed by atoms with Crippen molar-refractivity contribution in [2.24, 2.45) is 0 Å². The Balaban J connectivity index is 1.41. The van der Waals surface area contributed by atoms with E-state index in [1.54, 1.807) is 54.6 Å². The molecule has 0 atom stereocenters. The van der Waals surface area contributed by atoms with E-state index in [1.807, 2.05) is 72.8 Å². The van der Waals surface area contributed by atoms with Gasteiger partial charge in [-0.2, -0.15) is 0 Å². The molecule has 0 aliphatic carbocycles. The van der Waals surface area contributed by atoms with Gasteiger partial charge in [-0.1, -0.05) is 127 Å². The molecule has 0 unspecified atom stereocenters. The summed E-state index contributed by atoms with van der Waals surface area (Å²) in [5.41, 5.74) is 2.28. The van der Waals surface area contributed by atoms with Crippen LogP contribution in [0, 0.1) is 0 Å². The van der Waals surface area contributed by atoms with Gasteiger partial charge in [0.25, 0.3) is 0 Å². The highest BCUT2D eigenvalue weighted by Crippen LogP contribution is 2.45. The molecule has 0 saturated carbocycles. The van der Waals surface area contributed by atoms with Crippen molar-refractivity contribution in [3.63, 3.8) is 0 Å². The maximum Gasteiger partial charge on any atom is 0.143 e. The molecule has 0 radical (unpaired) electrons. The van der Waals surface area contributed by atoms with Crippen LogP contribution >= 0.6 is 0 Å². The lowest BCUT2D eigenvalue weighted by Crippen LogP contribution is -2.10. The maximum atomic E-state index is 9.63. The lowest BCUT2D eigenvalue weighted by molar-refractivity contribution is 0.672. The number of fused-ring (bicyclic) bond motifs is 6. The fraction of sp³-hybridized carbons (Fsp3) is 0. The standard InChI is InChI=1S/C44H29NO/c1-2-10-30(11-3-1)35-15-8-16-38(29-35)45(37-25-22-32(23-26-37)36-21-20-31-12-4-5-14-34(31)28-36)41-18-9-19-42-43(41)40-27-24-33-13-6-7-17-39(33)44(40)46-42/h1-29H/i8D,15D,16D,22D,23D,25D,26D,29D. The molecule has 9 aromatic rings. The molecule has 0 amide bonds. The molecule has 1 heterocycles. The molecule has 2 nitrogen and oxygen atoms in total. The van der Waals surface area contributed by atoms with Gasteiger partial charge in [0.2, 0.25) is 0 Å². The van der Waals surface area contributed by atoms with Gasteiger partial charge < -0.3 is 9.32 Å². The first-order valence-electron chi connectivity index (χ1n) is 19.0. The molecule has 2 heteroatoms. The number of rotatable bonds is 5. The van der Waals surface area contributed by atoms with Crippen LogP contribution in [0.1, 0.15) is 11.0 Å². The lowest BCUT2D eigenvalue weighted by atomic mass is 10.00. The summed E-state index contributed by atoms with van der Waals surface area (Å²) in [7, 11) is 0. The minimum atomic E-state index is -0.463. The number of furan rings is 1. The molecular weight excluding hydrogens is 558 g/mol. The summed E-state index contributed by atoms with van der Waals surface area (Å²) >= 11 is 0. The Morgan fingerprint density at radius 2 is 1.24 bits per heavy atom. The summed E-state index contributed by atoms with van der Waals surface area (Å²) in [4.78, 5) is 1.39. The summed E-state index contributed by atoms with van der Waals surface area (Å²) in [5, 5.41) is 4.95. The molecule has 1 aromatic heterocycles. The van der Waals surface area contributed by atoms with Gasteiger partial charge >= 0.3 is 0 Å². The Morgan fingerprint density at radius 3 is 2.11 bits per heavy atom. The van der Waals surface area contributed by atoms with Gasteiger partial charge in [0.05, 0.1) is 22.0 Å². The van der Waals surface area contributed by atoms with Crippen molar-refractivity contribution in [2.75, 3.05) is 4.90 Å². The van der Waals surface area contributed by atoms with Crippen LogP contribution < -0.4 is 4.90 Å². The van der Waals surface area contributed by atoms with E-state index < -0.39 is 24.2 Å². The molecule has 8 aromatic carbocycles. The van der Waals surface area contributed by atoms with Crippen molar-refractivity contribution in [3.8, 4) is 22.3 Å². The van der Waals surface area contributed by atoms with Gasteiger partial charge in [-0.3, -0.25) is 0 Å². The number of hydrogen-bond acceptors (Lipinski definition) is 2. The van der Waals surface area contributed by atoms with Crippen molar-refractivity contribution < 1.29 is 15.4 Å². The van der Waals surface area contributed by atoms with Crippen molar-refractivity contribution in [1.29, 1.82) is 0 Å². The number of anilines is 3. The van der Waals surface area contributed by atoms with Gasteiger partial charge in [-0.05, 0) is 86.8 Å². The Hall–Kier alpha value is -6.12. The first kappa shape index (κ1) is 19.3. The normalized spacial score (nSPS) is 13.9. The van der Waals surface area contributed by atoms with E-state index >= 15 is 0 Å². The first-order chi connectivity index (χ1) is 26.2. The third-order valence-corrected chi connectivity index (χ3v) is 8.38. The van der Waals surface area contributed by atoms with Crippen LogP contribution in [0.25, 0.3) is 65.7 Å². The maximum absolute atomic E-state index is 9.63. The molecule has 0 aliphatic rings. The molecule has 0 saturated heterocycles. The quantitative estimate of drug-likeness (QED) is 0.197. The van der Waals surface area contributed by atoms with Gasteiger partial charge in [0.15, 0.2) is 0 Å². The average Bonchev–Trinajstić information content (AvgIpc) is 3.59. The molecule has 46 heavy (non-hydrogen) atoms. The Kier molecular flexibility index (Phi) is 4.53. The zero-order valence-corrected chi connectivity index (χ0v) is 24.5. The summed E-state index contributed by atoms with van der Waals surface area (Å²) in [6.07, 6.45) is 0. The van der Waals surface area contributed by atoms with Crippen molar-refractivity contribution >= 4 is 60.5 Å². The number of nitrogens with zero attached hydrogens (tertiary/aromatic N) is 1. The SMILES string of the molecule is [2H]c1c([2H])c(-c2ccccc2)c([2H])c(N(c2c([2H])c([2H])c(-c3ccc4ccccc4c3)c([2H])c2[2H])c2cccc3oc4c5ccccc5ccc4c23)c1[2H]. The van der Waals surface area contributed by atoms with Crippen LogP contribution in [0.3, 0.4) is 0 Å². The van der Waals surface area contributed by atoms with Gasteiger partial charge in [0.1, 0.15) is 11.2 Å². The molecule has 0 fully saturated rings. The molecule has 0 N–H and O–H groups in total. The van der Waals surface area contributed by atoms with Crippen LogP contribution in [0.5, 0.6) is 0 Å². The predicted molar refractivity (Wildman–Crippen MR) is 194 cm³/mol. The van der Waals surface area contributed by atoms with E-state index in [0.29, 0.717) is 38.8 Å². The summed E-state index contributed by atoms with van der Waals surface area (Å²) in [5.74, 6) is 0. The molecular formula is C44H29NO. The zero-order valence-electron chi connectivity index (χ0n) is 32.5. The summed E-state index contributed by atoms with van der Waals surface area (Å²) in [6.45, 7) is 0. The van der Waals surface area contributed by atoms with Gasteiger partial charge in [-0.15, -0.1) is 0 Å². The number of benzene rings is 8. The van der Waals surface area contributed by atoms with Crippen LogP contribution in [-0.2, 0) is 0 Å². The Bertz CT molecular complexity index is 2970. The molecule has 9 rings (SSSR count). The van der Waals surface area contributed by atoms with Crippen molar-refractivity contribution in [3.05, 3.63) is 176 Å². The largest absolute Gasteiger partial charge is 0.455 e. The minimum Gasteiger partial charge on any atom is -0.455 e. The molecule has 0 aliphatic heterocycles. The smallest absolute Gasteiger partial charge is 0.143 e. The van der Waals surface area contributed by atoms with Crippen molar-refractivity contribution in [2.45, 2.75) is 0 Å². The minimum absolute atomic E-state index is 0.106. The fourth-order valence-corrected chi connectivity index (χ4v) is 6.18. The highest BCUT2D eigenvalue weighted by atomic mass is 16.3.